The Morgan fingerprint density at radius 2 is 2.00 bits per heavy atom. The van der Waals surface area contributed by atoms with Crippen LogP contribution in [0, 0.1) is 5.92 Å². The Kier molecular flexibility index (Phi) is 5.69. The fraction of sp³-hybridized carbons (Fsp3) is 0.625. The molecule has 2 unspecified atom stereocenters. The molecule has 1 fully saturated rings. The van der Waals surface area contributed by atoms with Crippen molar-refractivity contribution in [2.75, 3.05) is 13.2 Å². The highest BCUT2D eigenvalue weighted by atomic mass is 79.9. The first kappa shape index (κ1) is 16.5. The molecular formula is C16H23Br2NO. The molecule has 4 heteroatoms. The zero-order valence-corrected chi connectivity index (χ0v) is 15.6. The molecule has 2 nitrogen and oxygen atoms in total. The number of halogens is 2. The summed E-state index contributed by atoms with van der Waals surface area (Å²) in [6.45, 7) is 8.50. The van der Waals surface area contributed by atoms with E-state index in [-0.39, 0.29) is 11.6 Å². The molecule has 2 atom stereocenters. The third-order valence-electron chi connectivity index (χ3n) is 3.61. The van der Waals surface area contributed by atoms with Gasteiger partial charge in [-0.25, -0.2) is 0 Å². The van der Waals surface area contributed by atoms with E-state index in [1.165, 1.54) is 12.0 Å². The summed E-state index contributed by atoms with van der Waals surface area (Å²) >= 11 is 7.11. The number of hydrogen-bond donors (Lipinski definition) is 1. The molecule has 0 spiro atoms. The van der Waals surface area contributed by atoms with E-state index in [1.54, 1.807) is 0 Å². The fourth-order valence-electron chi connectivity index (χ4n) is 2.55. The number of ether oxygens (including phenoxy) is 1. The number of nitrogens with one attached hydrogen (secondary N) is 1. The molecule has 0 saturated carbocycles. The molecule has 1 heterocycles. The maximum absolute atomic E-state index is 6.06. The Morgan fingerprint density at radius 3 is 2.65 bits per heavy atom. The third kappa shape index (κ3) is 4.55. The van der Waals surface area contributed by atoms with Crippen molar-refractivity contribution in [1.29, 1.82) is 0 Å². The molecule has 20 heavy (non-hydrogen) atoms. The van der Waals surface area contributed by atoms with Crippen LogP contribution in [0.15, 0.2) is 27.1 Å². The lowest BCUT2D eigenvalue weighted by Gasteiger charge is -2.34. The van der Waals surface area contributed by atoms with Crippen LogP contribution in [0.5, 0.6) is 0 Å². The zero-order valence-electron chi connectivity index (χ0n) is 12.4. The van der Waals surface area contributed by atoms with E-state index >= 15 is 0 Å². The van der Waals surface area contributed by atoms with Gasteiger partial charge in [0.05, 0.1) is 6.10 Å². The first-order chi connectivity index (χ1) is 9.37. The van der Waals surface area contributed by atoms with Crippen molar-refractivity contribution in [3.63, 3.8) is 0 Å². The second kappa shape index (κ2) is 6.91. The van der Waals surface area contributed by atoms with Gasteiger partial charge in [-0.05, 0) is 83.2 Å². The van der Waals surface area contributed by atoms with Crippen molar-refractivity contribution in [3.05, 3.63) is 32.7 Å². The number of rotatable bonds is 3. The summed E-state index contributed by atoms with van der Waals surface area (Å²) < 4.78 is 8.23. The predicted octanol–water partition coefficient (Wildman–Crippen LogP) is 5.07. The van der Waals surface area contributed by atoms with Crippen LogP contribution >= 0.6 is 31.9 Å². The first-order valence-electron chi connectivity index (χ1n) is 7.18. The van der Waals surface area contributed by atoms with Crippen molar-refractivity contribution in [3.8, 4) is 0 Å². The van der Waals surface area contributed by atoms with E-state index in [0.717, 1.165) is 28.5 Å². The minimum atomic E-state index is 0.155. The van der Waals surface area contributed by atoms with Crippen molar-refractivity contribution in [2.24, 2.45) is 5.92 Å². The van der Waals surface area contributed by atoms with Gasteiger partial charge in [-0.2, -0.15) is 0 Å². The second-order valence-corrected chi connectivity index (χ2v) is 8.21. The average molecular weight is 405 g/mol. The summed E-state index contributed by atoms with van der Waals surface area (Å²) in [5.74, 6) is 0.538. The van der Waals surface area contributed by atoms with E-state index in [2.05, 4.69) is 76.1 Å². The summed E-state index contributed by atoms with van der Waals surface area (Å²) in [5, 5.41) is 3.62. The smallest absolute Gasteiger partial charge is 0.0865 e. The molecule has 0 bridgehead atoms. The Bertz CT molecular complexity index is 456. The second-order valence-electron chi connectivity index (χ2n) is 6.50. The van der Waals surface area contributed by atoms with Gasteiger partial charge in [0.25, 0.3) is 0 Å². The molecule has 0 radical (unpaired) electrons. The van der Waals surface area contributed by atoms with Crippen molar-refractivity contribution < 1.29 is 4.74 Å². The van der Waals surface area contributed by atoms with E-state index < -0.39 is 0 Å². The topological polar surface area (TPSA) is 21.3 Å². The molecule has 0 aliphatic carbocycles. The summed E-state index contributed by atoms with van der Waals surface area (Å²) in [7, 11) is 0. The van der Waals surface area contributed by atoms with Gasteiger partial charge < -0.3 is 10.1 Å². The quantitative estimate of drug-likeness (QED) is 0.759. The van der Waals surface area contributed by atoms with E-state index in [0.29, 0.717) is 5.92 Å². The standard InChI is InChI=1S/C16H23Br2NO/c1-16(2,3)19-10-12-5-4-8-20-15(12)11-6-7-13(17)14(18)9-11/h6-7,9,12,15,19H,4-5,8,10H2,1-3H3. The van der Waals surface area contributed by atoms with E-state index in [4.69, 9.17) is 4.74 Å². The third-order valence-corrected chi connectivity index (χ3v) is 5.49. The fourth-order valence-corrected chi connectivity index (χ4v) is 3.19. The van der Waals surface area contributed by atoms with Gasteiger partial charge >= 0.3 is 0 Å². The lowest BCUT2D eigenvalue weighted by Crippen LogP contribution is -2.41. The van der Waals surface area contributed by atoms with Crippen LogP contribution in [0.4, 0.5) is 0 Å². The molecule has 1 aliphatic heterocycles. The molecule has 1 saturated heterocycles. The molecule has 0 aromatic heterocycles. The summed E-state index contributed by atoms with van der Waals surface area (Å²) in [6.07, 6.45) is 2.58. The van der Waals surface area contributed by atoms with Gasteiger partial charge in [0.2, 0.25) is 0 Å². The number of hydrogen-bond acceptors (Lipinski definition) is 2. The normalized spacial score (nSPS) is 23.9. The SMILES string of the molecule is CC(C)(C)NCC1CCCOC1c1ccc(Br)c(Br)c1. The highest BCUT2D eigenvalue weighted by Crippen LogP contribution is 2.36. The van der Waals surface area contributed by atoms with Crippen LogP contribution in [0.2, 0.25) is 0 Å². The molecule has 1 N–H and O–H groups in total. The monoisotopic (exact) mass is 403 g/mol. The van der Waals surface area contributed by atoms with Crippen molar-refractivity contribution in [2.45, 2.75) is 45.3 Å². The highest BCUT2D eigenvalue weighted by Gasteiger charge is 2.28. The van der Waals surface area contributed by atoms with Gasteiger partial charge in [-0.1, -0.05) is 6.07 Å². The lowest BCUT2D eigenvalue weighted by molar-refractivity contribution is -0.0293. The largest absolute Gasteiger partial charge is 0.373 e. The molecule has 0 amide bonds. The molecule has 112 valence electrons. The van der Waals surface area contributed by atoms with Crippen LogP contribution in [0.3, 0.4) is 0 Å². The van der Waals surface area contributed by atoms with E-state index in [1.807, 2.05) is 0 Å². The average Bonchev–Trinajstić information content (AvgIpc) is 2.39. The van der Waals surface area contributed by atoms with Gasteiger partial charge in [-0.15, -0.1) is 0 Å². The van der Waals surface area contributed by atoms with Crippen molar-refractivity contribution in [1.82, 2.24) is 5.32 Å². The van der Waals surface area contributed by atoms with Crippen LogP contribution in [-0.4, -0.2) is 18.7 Å². The summed E-state index contributed by atoms with van der Waals surface area (Å²) in [4.78, 5) is 0. The van der Waals surface area contributed by atoms with Crippen LogP contribution in [0.25, 0.3) is 0 Å². The van der Waals surface area contributed by atoms with Gasteiger partial charge in [0.15, 0.2) is 0 Å². The molecule has 1 aromatic carbocycles. The lowest BCUT2D eigenvalue weighted by atomic mass is 9.89. The zero-order chi connectivity index (χ0) is 14.8. The highest BCUT2D eigenvalue weighted by molar-refractivity contribution is 9.13. The minimum Gasteiger partial charge on any atom is -0.373 e. The predicted molar refractivity (Wildman–Crippen MR) is 91.0 cm³/mol. The Labute approximate surface area is 138 Å². The molecule has 1 aliphatic rings. The Balaban J connectivity index is 2.11. The maximum Gasteiger partial charge on any atom is 0.0865 e. The van der Waals surface area contributed by atoms with Gasteiger partial charge in [-0.3, -0.25) is 0 Å². The van der Waals surface area contributed by atoms with Crippen LogP contribution < -0.4 is 5.32 Å². The van der Waals surface area contributed by atoms with Crippen LogP contribution in [0.1, 0.15) is 45.3 Å². The van der Waals surface area contributed by atoms with Gasteiger partial charge in [0.1, 0.15) is 0 Å². The Morgan fingerprint density at radius 1 is 1.25 bits per heavy atom. The van der Waals surface area contributed by atoms with E-state index in [9.17, 15) is 0 Å². The maximum atomic E-state index is 6.06. The summed E-state index contributed by atoms with van der Waals surface area (Å²) in [5.41, 5.74) is 1.42. The first-order valence-corrected chi connectivity index (χ1v) is 8.77. The Hall–Kier alpha value is 0.1000. The minimum absolute atomic E-state index is 0.155. The molecule has 1 aromatic rings. The molecule has 2 rings (SSSR count). The van der Waals surface area contributed by atoms with Crippen molar-refractivity contribution >= 4 is 31.9 Å². The molecular weight excluding hydrogens is 382 g/mol. The van der Waals surface area contributed by atoms with Crippen LogP contribution in [-0.2, 0) is 4.74 Å². The van der Waals surface area contributed by atoms with Gasteiger partial charge in [0, 0.05) is 33.6 Å². The summed E-state index contributed by atoms with van der Waals surface area (Å²) in [6, 6.07) is 6.42. The number of benzene rings is 1.